The van der Waals surface area contributed by atoms with Crippen molar-refractivity contribution in [1.29, 1.82) is 0 Å². The van der Waals surface area contributed by atoms with Crippen LogP contribution in [-0.4, -0.2) is 46.8 Å². The number of anilines is 2. The quantitative estimate of drug-likeness (QED) is 0.429. The Kier molecular flexibility index (Phi) is 6.16. The molecule has 2 amide bonds. The topological polar surface area (TPSA) is 107 Å². The van der Waals surface area contributed by atoms with Crippen LogP contribution >= 0.6 is 0 Å². The lowest BCUT2D eigenvalue weighted by Crippen LogP contribution is -2.28. The summed E-state index contributed by atoms with van der Waals surface area (Å²) >= 11 is 0. The molecule has 1 aliphatic heterocycles. The number of ether oxygens (including phenoxy) is 2. The van der Waals surface area contributed by atoms with E-state index in [2.05, 4.69) is 10.4 Å². The minimum absolute atomic E-state index is 0.0946. The van der Waals surface area contributed by atoms with Crippen LogP contribution < -0.4 is 25.4 Å². The fraction of sp³-hybridized carbons (Fsp3) is 0.231. The van der Waals surface area contributed by atoms with E-state index in [0.717, 1.165) is 5.56 Å². The highest BCUT2D eigenvalue weighted by Gasteiger charge is 2.36. The Morgan fingerprint density at radius 3 is 2.69 bits per heavy atom. The zero-order chi connectivity index (χ0) is 25.2. The summed E-state index contributed by atoms with van der Waals surface area (Å²) in [4.78, 5) is 39.9. The van der Waals surface area contributed by atoms with E-state index in [1.807, 2.05) is 12.1 Å². The van der Waals surface area contributed by atoms with E-state index < -0.39 is 5.92 Å². The van der Waals surface area contributed by atoms with Crippen molar-refractivity contribution in [3.05, 3.63) is 82.9 Å². The summed E-state index contributed by atoms with van der Waals surface area (Å²) in [6.45, 7) is 0.501. The number of fused-ring (bicyclic) bond motifs is 1. The zero-order valence-corrected chi connectivity index (χ0v) is 19.9. The van der Waals surface area contributed by atoms with Crippen LogP contribution in [0.2, 0.25) is 0 Å². The van der Waals surface area contributed by atoms with Gasteiger partial charge in [0, 0.05) is 30.9 Å². The smallest absolute Gasteiger partial charge is 0.350 e. The lowest BCUT2D eigenvalue weighted by molar-refractivity contribution is -0.122. The summed E-state index contributed by atoms with van der Waals surface area (Å²) in [6, 6.07) is 17.8. The third-order valence-corrected chi connectivity index (χ3v) is 6.19. The van der Waals surface area contributed by atoms with Crippen LogP contribution in [0.3, 0.4) is 0 Å². The number of amides is 2. The fourth-order valence-corrected chi connectivity index (χ4v) is 4.36. The molecule has 0 aliphatic carbocycles. The molecule has 0 radical (unpaired) electrons. The Bertz CT molecular complexity index is 1510. The molecule has 1 unspecified atom stereocenters. The third kappa shape index (κ3) is 4.40. The monoisotopic (exact) mass is 487 g/mol. The largest absolute Gasteiger partial charge is 0.497 e. The SMILES string of the molecule is COc1ccc(N2CC(C(=O)Nc3cccc(Cn4nc5ccccn5c4=O)c3)CC2=O)c(OC)c1. The van der Waals surface area contributed by atoms with Crippen LogP contribution in [0.1, 0.15) is 12.0 Å². The Morgan fingerprint density at radius 1 is 1.06 bits per heavy atom. The van der Waals surface area contributed by atoms with Gasteiger partial charge in [0.15, 0.2) is 5.65 Å². The molecule has 1 aliphatic rings. The number of aromatic nitrogens is 3. The van der Waals surface area contributed by atoms with E-state index in [1.54, 1.807) is 66.7 Å². The third-order valence-electron chi connectivity index (χ3n) is 6.19. The van der Waals surface area contributed by atoms with E-state index >= 15 is 0 Å². The molecule has 2 aromatic carbocycles. The van der Waals surface area contributed by atoms with Gasteiger partial charge in [0.05, 0.1) is 32.4 Å². The van der Waals surface area contributed by atoms with Gasteiger partial charge < -0.3 is 19.7 Å². The average Bonchev–Trinajstić information content (AvgIpc) is 3.43. The van der Waals surface area contributed by atoms with Gasteiger partial charge in [-0.05, 0) is 42.0 Å². The summed E-state index contributed by atoms with van der Waals surface area (Å²) in [5.41, 5.74) is 2.32. The van der Waals surface area contributed by atoms with E-state index in [-0.39, 0.29) is 37.0 Å². The van der Waals surface area contributed by atoms with Crippen LogP contribution in [0.15, 0.2) is 71.7 Å². The van der Waals surface area contributed by atoms with Crippen molar-refractivity contribution in [2.45, 2.75) is 13.0 Å². The molecule has 1 atom stereocenters. The number of methoxy groups -OCH3 is 2. The van der Waals surface area contributed by atoms with Crippen LogP contribution in [0.25, 0.3) is 5.65 Å². The summed E-state index contributed by atoms with van der Waals surface area (Å²) in [5.74, 6) is 0.189. The lowest BCUT2D eigenvalue weighted by Gasteiger charge is -2.20. The Balaban J connectivity index is 1.29. The van der Waals surface area contributed by atoms with Crippen LogP contribution in [-0.2, 0) is 16.1 Å². The Morgan fingerprint density at radius 2 is 1.92 bits per heavy atom. The van der Waals surface area contributed by atoms with Crippen LogP contribution in [0.4, 0.5) is 11.4 Å². The molecule has 1 saturated heterocycles. The van der Waals surface area contributed by atoms with Crippen LogP contribution in [0.5, 0.6) is 11.5 Å². The van der Waals surface area contributed by atoms with Crippen molar-refractivity contribution in [2.24, 2.45) is 5.92 Å². The van der Waals surface area contributed by atoms with Crippen LogP contribution in [0, 0.1) is 5.92 Å². The van der Waals surface area contributed by atoms with E-state index in [1.165, 1.54) is 16.2 Å². The summed E-state index contributed by atoms with van der Waals surface area (Å²) < 4.78 is 13.5. The Labute approximate surface area is 206 Å². The molecule has 0 bridgehead atoms. The number of carbonyl (C=O) groups excluding carboxylic acids is 2. The molecule has 5 rings (SSSR count). The fourth-order valence-electron chi connectivity index (χ4n) is 4.36. The van der Waals surface area contributed by atoms with Gasteiger partial charge in [0.2, 0.25) is 11.8 Å². The van der Waals surface area contributed by atoms with Gasteiger partial charge in [0.25, 0.3) is 0 Å². The molecule has 10 heteroatoms. The van der Waals surface area contributed by atoms with Crippen molar-refractivity contribution in [2.75, 3.05) is 31.0 Å². The highest BCUT2D eigenvalue weighted by Crippen LogP contribution is 2.36. The maximum atomic E-state index is 13.0. The minimum atomic E-state index is -0.519. The van der Waals surface area contributed by atoms with Crippen molar-refractivity contribution >= 4 is 28.8 Å². The first-order valence-electron chi connectivity index (χ1n) is 11.4. The summed E-state index contributed by atoms with van der Waals surface area (Å²) in [7, 11) is 3.08. The number of rotatable bonds is 7. The molecular formula is C26H25N5O5. The molecule has 10 nitrogen and oxygen atoms in total. The standard InChI is InChI=1S/C26H25N5O5/c1-35-20-9-10-21(22(14-20)36-2)30-16-18(13-24(30)32)25(33)27-19-7-5-6-17(12-19)15-31-26(34)29-11-4-3-8-23(29)28-31/h3-12,14,18H,13,15-16H2,1-2H3,(H,27,33). The number of pyridine rings is 1. The number of hydrogen-bond donors (Lipinski definition) is 1. The van der Waals surface area contributed by atoms with Gasteiger partial charge >= 0.3 is 5.69 Å². The molecule has 1 fully saturated rings. The molecule has 36 heavy (non-hydrogen) atoms. The highest BCUT2D eigenvalue weighted by molar-refractivity contribution is 6.04. The first-order valence-corrected chi connectivity index (χ1v) is 11.4. The molecule has 0 spiro atoms. The molecule has 0 saturated carbocycles. The normalized spacial score (nSPS) is 15.3. The second-order valence-corrected chi connectivity index (χ2v) is 8.50. The molecular weight excluding hydrogens is 462 g/mol. The maximum Gasteiger partial charge on any atom is 0.350 e. The number of hydrogen-bond acceptors (Lipinski definition) is 6. The first kappa shape index (κ1) is 23.2. The number of nitrogens with one attached hydrogen (secondary N) is 1. The predicted octanol–water partition coefficient (Wildman–Crippen LogP) is 2.55. The molecule has 3 heterocycles. The van der Waals surface area contributed by atoms with Crippen molar-refractivity contribution in [1.82, 2.24) is 14.2 Å². The van der Waals surface area contributed by atoms with Crippen molar-refractivity contribution in [3.63, 3.8) is 0 Å². The molecule has 4 aromatic rings. The number of benzene rings is 2. The van der Waals surface area contributed by atoms with E-state index in [4.69, 9.17) is 9.47 Å². The zero-order valence-electron chi connectivity index (χ0n) is 19.9. The maximum absolute atomic E-state index is 13.0. The second kappa shape index (κ2) is 9.57. The number of nitrogens with zero attached hydrogens (tertiary/aromatic N) is 4. The van der Waals surface area contributed by atoms with Gasteiger partial charge in [-0.15, -0.1) is 5.10 Å². The van der Waals surface area contributed by atoms with Gasteiger partial charge in [-0.2, -0.15) is 0 Å². The highest BCUT2D eigenvalue weighted by atomic mass is 16.5. The Hall–Kier alpha value is -4.60. The van der Waals surface area contributed by atoms with Crippen molar-refractivity contribution < 1.29 is 19.1 Å². The predicted molar refractivity (Wildman–Crippen MR) is 134 cm³/mol. The number of carbonyl (C=O) groups is 2. The van der Waals surface area contributed by atoms with Gasteiger partial charge in [0.1, 0.15) is 11.5 Å². The first-order chi connectivity index (χ1) is 17.5. The van der Waals surface area contributed by atoms with Gasteiger partial charge in [-0.3, -0.25) is 14.0 Å². The van der Waals surface area contributed by atoms with Gasteiger partial charge in [-0.25, -0.2) is 9.48 Å². The van der Waals surface area contributed by atoms with E-state index in [9.17, 15) is 14.4 Å². The second-order valence-electron chi connectivity index (χ2n) is 8.50. The minimum Gasteiger partial charge on any atom is -0.497 e. The van der Waals surface area contributed by atoms with E-state index in [0.29, 0.717) is 28.5 Å². The van der Waals surface area contributed by atoms with Gasteiger partial charge in [-0.1, -0.05) is 18.2 Å². The average molecular weight is 488 g/mol. The summed E-state index contributed by atoms with van der Waals surface area (Å²) in [6.07, 6.45) is 1.77. The molecule has 184 valence electrons. The summed E-state index contributed by atoms with van der Waals surface area (Å²) in [5, 5.41) is 7.26. The molecule has 1 N–H and O–H groups in total. The van der Waals surface area contributed by atoms with Crippen molar-refractivity contribution in [3.8, 4) is 11.5 Å². The lowest BCUT2D eigenvalue weighted by atomic mass is 10.1. The molecule has 2 aromatic heterocycles.